The minimum absolute atomic E-state index is 0.0512. The van der Waals surface area contributed by atoms with E-state index in [1.54, 1.807) is 12.1 Å². The number of halogens is 1. The van der Waals surface area contributed by atoms with Crippen LogP contribution < -0.4 is 15.7 Å². The molecule has 1 amide bonds. The monoisotopic (exact) mass is 721 g/mol. The summed E-state index contributed by atoms with van der Waals surface area (Å²) in [6, 6.07) is 36.8. The summed E-state index contributed by atoms with van der Waals surface area (Å²) in [5, 5.41) is 16.4. The number of aliphatic hydroxyl groups is 1. The van der Waals surface area contributed by atoms with Crippen molar-refractivity contribution in [1.29, 1.82) is 0 Å². The van der Waals surface area contributed by atoms with E-state index in [-0.39, 0.29) is 17.4 Å². The van der Waals surface area contributed by atoms with Crippen LogP contribution in [0.1, 0.15) is 38.3 Å². The number of carbonyl (C=O) groups excluding carboxylic acids is 1. The molecule has 4 atom stereocenters. The Morgan fingerprint density at radius 1 is 0.870 bits per heavy atom. The zero-order chi connectivity index (χ0) is 33.2. The van der Waals surface area contributed by atoms with Crippen LogP contribution >= 0.6 is 15.9 Å². The van der Waals surface area contributed by atoms with Gasteiger partial charge in [0.15, 0.2) is 0 Å². The number of hydrogen-bond acceptors (Lipinski definition) is 5. The second-order valence-corrected chi connectivity index (χ2v) is 19.4. The molecule has 0 radical (unpaired) electrons. The third-order valence-corrected chi connectivity index (χ3v) is 15.5. The summed E-state index contributed by atoms with van der Waals surface area (Å²) in [4.78, 5) is 13.2. The molecule has 0 heterocycles. The Balaban J connectivity index is 1.53. The van der Waals surface area contributed by atoms with Crippen LogP contribution in [0.25, 0.3) is 0 Å². The van der Waals surface area contributed by atoms with E-state index in [1.807, 2.05) is 85.8 Å². The van der Waals surface area contributed by atoms with Crippen molar-refractivity contribution in [3.05, 3.63) is 126 Å². The molecule has 0 bridgehead atoms. The van der Waals surface area contributed by atoms with Crippen LogP contribution in [0.4, 0.5) is 4.79 Å². The third-order valence-electron chi connectivity index (χ3n) is 8.04. The van der Waals surface area contributed by atoms with Gasteiger partial charge in [-0.25, -0.2) is 4.79 Å². The highest BCUT2D eigenvalue weighted by molar-refractivity contribution is 9.09. The molecule has 2 N–H and O–H groups in total. The molecule has 4 aromatic carbocycles. The van der Waals surface area contributed by atoms with Gasteiger partial charge < -0.3 is 19.6 Å². The van der Waals surface area contributed by atoms with Crippen molar-refractivity contribution in [3.8, 4) is 0 Å². The molecule has 0 aliphatic carbocycles. The lowest BCUT2D eigenvalue weighted by Crippen LogP contribution is -2.66. The van der Waals surface area contributed by atoms with Crippen LogP contribution in [0.15, 0.2) is 120 Å². The molecule has 0 saturated carbocycles. The van der Waals surface area contributed by atoms with Gasteiger partial charge in [0.1, 0.15) is 6.61 Å². The van der Waals surface area contributed by atoms with Gasteiger partial charge >= 0.3 is 6.09 Å². The maximum atomic E-state index is 13.2. The highest BCUT2D eigenvalue weighted by Gasteiger charge is 2.50. The summed E-state index contributed by atoms with van der Waals surface area (Å²) in [6.07, 6.45) is -1.31. The van der Waals surface area contributed by atoms with Gasteiger partial charge in [-0.05, 0) is 46.5 Å². The van der Waals surface area contributed by atoms with E-state index in [1.165, 1.54) is 10.4 Å². The summed E-state index contributed by atoms with van der Waals surface area (Å²) < 4.78 is 25.8. The van der Waals surface area contributed by atoms with Gasteiger partial charge in [-0.1, -0.05) is 145 Å². The normalized spacial score (nSPS) is 14.6. The maximum Gasteiger partial charge on any atom is 0.407 e. The average Bonchev–Trinajstić information content (AvgIpc) is 3.05. The number of benzene rings is 4. The fraction of sp³-hybridized carbons (Fsp3) is 0.324. The first-order valence-electron chi connectivity index (χ1n) is 15.5. The number of rotatable bonds is 14. The Kier molecular flexibility index (Phi) is 12.9. The van der Waals surface area contributed by atoms with Gasteiger partial charge in [0, 0.05) is 16.3 Å². The van der Waals surface area contributed by atoms with Crippen molar-refractivity contribution in [3.63, 3.8) is 0 Å². The summed E-state index contributed by atoms with van der Waals surface area (Å²) >= 11 is 3.76. The molecule has 0 spiro atoms. The summed E-state index contributed by atoms with van der Waals surface area (Å²) in [5.41, 5.74) is 1.91. The van der Waals surface area contributed by atoms with E-state index >= 15 is 0 Å². The van der Waals surface area contributed by atoms with Crippen LogP contribution in [-0.2, 0) is 26.6 Å². The van der Waals surface area contributed by atoms with E-state index in [4.69, 9.17) is 9.16 Å². The lowest BCUT2D eigenvalue weighted by atomic mass is 10.1. The topological polar surface area (TPSA) is 84.9 Å². The molecule has 0 aliphatic rings. The molecule has 6 nitrogen and oxygen atoms in total. The fourth-order valence-electron chi connectivity index (χ4n) is 5.64. The van der Waals surface area contributed by atoms with Crippen LogP contribution in [0.3, 0.4) is 0 Å². The smallest absolute Gasteiger partial charge is 0.407 e. The molecule has 0 unspecified atom stereocenters. The molecule has 0 aliphatic heterocycles. The number of hydrogen-bond donors (Lipinski definition) is 2. The van der Waals surface area contributed by atoms with Gasteiger partial charge in [-0.2, -0.15) is 0 Å². The Morgan fingerprint density at radius 2 is 1.39 bits per heavy atom. The van der Waals surface area contributed by atoms with Crippen LogP contribution in [0.5, 0.6) is 0 Å². The first kappa shape index (κ1) is 35.8. The maximum absolute atomic E-state index is 13.2. The van der Waals surface area contributed by atoms with Gasteiger partial charge in [0.05, 0.1) is 28.7 Å². The lowest BCUT2D eigenvalue weighted by molar-refractivity contribution is 0.108. The molecule has 46 heavy (non-hydrogen) atoms. The molecule has 0 fully saturated rings. The molecule has 4 rings (SSSR count). The van der Waals surface area contributed by atoms with E-state index < -0.39 is 42.2 Å². The van der Waals surface area contributed by atoms with Crippen molar-refractivity contribution >= 4 is 51.5 Å². The second kappa shape index (κ2) is 16.7. The van der Waals surface area contributed by atoms with Gasteiger partial charge in [-0.3, -0.25) is 4.21 Å². The van der Waals surface area contributed by atoms with E-state index in [2.05, 4.69) is 66.3 Å². The van der Waals surface area contributed by atoms with Crippen LogP contribution in [0.2, 0.25) is 5.04 Å². The second-order valence-electron chi connectivity index (χ2n) is 12.4. The quantitative estimate of drug-likeness (QED) is 0.115. The third kappa shape index (κ3) is 9.26. The summed E-state index contributed by atoms with van der Waals surface area (Å²) in [6.45, 7) is 9.10. The van der Waals surface area contributed by atoms with Crippen LogP contribution in [-0.4, -0.2) is 53.1 Å². The zero-order valence-corrected chi connectivity index (χ0v) is 30.3. The SMILES string of the molecule is Cc1ccc([S@](=O)C[C@@H](O)[C@@H](NC(=O)OCc2ccccc2)[C@H](Br)CCO[Si](c2ccccc2)(c2ccccc2)C(C)(C)C)cc1. The molecule has 244 valence electrons. The number of alkyl carbamates (subject to hydrolysis) is 1. The highest BCUT2D eigenvalue weighted by atomic mass is 79.9. The molecule has 0 saturated heterocycles. The summed E-state index contributed by atoms with van der Waals surface area (Å²) in [5.74, 6) is -0.0512. The van der Waals surface area contributed by atoms with Gasteiger partial charge in [0.2, 0.25) is 0 Å². The Bertz CT molecular complexity index is 1500. The minimum Gasteiger partial charge on any atom is -0.445 e. The van der Waals surface area contributed by atoms with E-state index in [9.17, 15) is 14.1 Å². The Hall–Kier alpha value is -3.08. The number of amides is 1. The fourth-order valence-corrected chi connectivity index (χ4v) is 12.0. The minimum atomic E-state index is -2.78. The highest BCUT2D eigenvalue weighted by Crippen LogP contribution is 2.37. The first-order valence-corrected chi connectivity index (χ1v) is 19.6. The van der Waals surface area contributed by atoms with Gasteiger partial charge in [-0.15, -0.1) is 0 Å². The van der Waals surface area contributed by atoms with E-state index in [0.717, 1.165) is 11.1 Å². The number of aliphatic hydroxyl groups excluding tert-OH is 1. The zero-order valence-electron chi connectivity index (χ0n) is 26.9. The first-order chi connectivity index (χ1) is 22.0. The standard InChI is InChI=1S/C37H44BrNO5SSi/c1-28-20-22-30(23-21-28)45(42)27-34(40)35(39-36(41)43-26-29-14-8-5-9-15-29)33(38)24-25-44-46(37(2,3)4,31-16-10-6-11-17-31)32-18-12-7-13-19-32/h5-23,33-35,40H,24-27H2,1-4H3,(H,39,41)/t33-,34-,35+,45-/m1/s1. The van der Waals surface area contributed by atoms with Crippen molar-refractivity contribution in [2.24, 2.45) is 0 Å². The molecule has 0 aromatic heterocycles. The largest absolute Gasteiger partial charge is 0.445 e. The Morgan fingerprint density at radius 3 is 1.91 bits per heavy atom. The summed E-state index contributed by atoms with van der Waals surface area (Å²) in [7, 11) is -4.26. The molecule has 4 aromatic rings. The van der Waals surface area contributed by atoms with Crippen molar-refractivity contribution in [2.75, 3.05) is 12.4 Å². The predicted octanol–water partition coefficient (Wildman–Crippen LogP) is 6.49. The molecular weight excluding hydrogens is 678 g/mol. The average molecular weight is 723 g/mol. The lowest BCUT2D eigenvalue weighted by Gasteiger charge is -2.43. The number of ether oxygens (including phenoxy) is 1. The van der Waals surface area contributed by atoms with E-state index in [0.29, 0.717) is 17.9 Å². The number of alkyl halides is 1. The predicted molar refractivity (Wildman–Crippen MR) is 193 cm³/mol. The van der Waals surface area contributed by atoms with Crippen LogP contribution in [0, 0.1) is 6.92 Å². The number of carbonyl (C=O) groups is 1. The van der Waals surface area contributed by atoms with Crippen molar-refractivity contribution in [1.82, 2.24) is 5.32 Å². The Labute approximate surface area is 285 Å². The van der Waals surface area contributed by atoms with Gasteiger partial charge in [0.25, 0.3) is 8.32 Å². The molecular formula is C37H44BrNO5SSi. The number of nitrogens with one attached hydrogen (secondary N) is 1. The van der Waals surface area contributed by atoms with Crippen molar-refractivity contribution < 1.29 is 23.3 Å². The molecule has 9 heteroatoms. The van der Waals surface area contributed by atoms with Crippen molar-refractivity contribution in [2.45, 2.75) is 67.6 Å². The number of aryl methyl sites for hydroxylation is 1.